The van der Waals surface area contributed by atoms with Crippen LogP contribution in [-0.4, -0.2) is 24.2 Å². The van der Waals surface area contributed by atoms with E-state index in [0.717, 1.165) is 6.08 Å². The monoisotopic (exact) mass is 188 g/mol. The maximum absolute atomic E-state index is 10.1. The Labute approximate surface area is 78.2 Å². The third kappa shape index (κ3) is 18.0. The second-order valence-electron chi connectivity index (χ2n) is 2.19. The highest BCUT2D eigenvalue weighted by molar-refractivity contribution is 5.90. The molecule has 0 aliphatic rings. The molecule has 0 bridgehead atoms. The highest BCUT2D eigenvalue weighted by Crippen LogP contribution is 1.77. The van der Waals surface area contributed by atoms with Gasteiger partial charge in [-0.3, -0.25) is 0 Å². The fourth-order valence-corrected chi connectivity index (χ4v) is 0.207. The van der Waals surface area contributed by atoms with Crippen molar-refractivity contribution in [3.8, 4) is 0 Å². The van der Waals surface area contributed by atoms with E-state index in [4.69, 9.17) is 5.11 Å². The number of aliphatic carboxylic acids is 1. The predicted molar refractivity (Wildman–Crippen MR) is 49.4 cm³/mol. The number of rotatable bonds is 3. The molecular weight excluding hydrogens is 172 g/mol. The number of hydrogen-bond acceptors (Lipinski definition) is 3. The summed E-state index contributed by atoms with van der Waals surface area (Å²) < 4.78 is 4.11. The Bertz CT molecular complexity index is 170. The third-order valence-corrected chi connectivity index (χ3v) is 1.06. The molecule has 0 aromatic rings. The first-order valence-electron chi connectivity index (χ1n) is 4.07. The van der Waals surface area contributed by atoms with E-state index in [1.54, 1.807) is 0 Å². The number of ether oxygens (including phenoxy) is 1. The van der Waals surface area contributed by atoms with Crippen LogP contribution < -0.4 is 0 Å². The van der Waals surface area contributed by atoms with E-state index < -0.39 is 11.9 Å². The van der Waals surface area contributed by atoms with Crippen molar-refractivity contribution < 1.29 is 19.4 Å². The van der Waals surface area contributed by atoms with E-state index in [0.29, 0.717) is 6.08 Å². The summed E-state index contributed by atoms with van der Waals surface area (Å²) in [5, 5.41) is 7.96. The summed E-state index contributed by atoms with van der Waals surface area (Å²) >= 11 is 0. The normalized spacial score (nSPS) is 8.85. The molecule has 0 spiro atoms. The number of esters is 1. The van der Waals surface area contributed by atoms with Crippen LogP contribution >= 0.6 is 0 Å². The number of hydrogen-bond donors (Lipinski definition) is 1. The maximum atomic E-state index is 10.1. The highest BCUT2D eigenvalue weighted by atomic mass is 16.5. The first kappa shape index (κ1) is 14.2. The van der Waals surface area contributed by atoms with Crippen LogP contribution in [0.1, 0.15) is 26.7 Å². The van der Waals surface area contributed by atoms with Gasteiger partial charge in [0, 0.05) is 12.2 Å². The Morgan fingerprint density at radius 3 is 1.92 bits per heavy atom. The van der Waals surface area contributed by atoms with Crippen molar-refractivity contribution in [1.29, 1.82) is 0 Å². The van der Waals surface area contributed by atoms with Crippen molar-refractivity contribution in [2.24, 2.45) is 0 Å². The molecular formula is C9H16O4. The molecule has 0 aliphatic heterocycles. The van der Waals surface area contributed by atoms with Gasteiger partial charge in [0.05, 0.1) is 7.11 Å². The molecule has 0 radical (unpaired) electrons. The molecule has 0 unspecified atom stereocenters. The van der Waals surface area contributed by atoms with Crippen LogP contribution in [0.2, 0.25) is 0 Å². The third-order valence-electron chi connectivity index (χ3n) is 1.06. The van der Waals surface area contributed by atoms with Crippen LogP contribution in [0.25, 0.3) is 0 Å². The van der Waals surface area contributed by atoms with Crippen molar-refractivity contribution in [2.75, 3.05) is 7.11 Å². The minimum absolute atomic E-state index is 0.669. The molecule has 0 saturated carbocycles. The van der Waals surface area contributed by atoms with Gasteiger partial charge >= 0.3 is 11.9 Å². The number of carbonyl (C=O) groups excluding carboxylic acids is 1. The molecule has 4 heteroatoms. The Balaban J connectivity index is 0. The second kappa shape index (κ2) is 10.7. The lowest BCUT2D eigenvalue weighted by molar-refractivity contribution is -0.136. The lowest BCUT2D eigenvalue weighted by atomic mass is 10.4. The highest BCUT2D eigenvalue weighted by Gasteiger charge is 1.91. The molecule has 0 fully saturated rings. The van der Waals surface area contributed by atoms with E-state index in [1.165, 1.54) is 20.0 Å². The maximum Gasteiger partial charge on any atom is 0.330 e. The fraction of sp³-hybridized carbons (Fsp3) is 0.556. The number of unbranched alkanes of at least 4 members (excludes halogenated alkanes) is 1. The quantitative estimate of drug-likeness (QED) is 0.539. The second-order valence-corrected chi connectivity index (χ2v) is 2.19. The zero-order valence-corrected chi connectivity index (χ0v) is 8.24. The van der Waals surface area contributed by atoms with Gasteiger partial charge in [-0.05, 0) is 0 Å². The molecule has 0 saturated heterocycles. The molecule has 0 rings (SSSR count). The minimum Gasteiger partial charge on any atom is -0.478 e. The van der Waals surface area contributed by atoms with Gasteiger partial charge in [0.1, 0.15) is 0 Å². The largest absolute Gasteiger partial charge is 0.478 e. The summed E-state index contributed by atoms with van der Waals surface area (Å²) in [6, 6.07) is 0. The molecule has 76 valence electrons. The Morgan fingerprint density at radius 2 is 1.69 bits per heavy atom. The smallest absolute Gasteiger partial charge is 0.330 e. The van der Waals surface area contributed by atoms with E-state index in [9.17, 15) is 9.59 Å². The molecule has 0 atom stereocenters. The molecule has 1 N–H and O–H groups in total. The molecule has 0 amide bonds. The standard InChI is InChI=1S/C5H6O4.C4H10/c1-9-5(8)3-2-4(6)7;1-3-4-2/h2-3H,1H3,(H,6,7);3-4H2,1-2H3/b3-2-;. The SMILES string of the molecule is CCCC.COC(=O)/C=C\C(=O)O. The van der Waals surface area contributed by atoms with Crippen LogP contribution in [0.5, 0.6) is 0 Å². The zero-order valence-electron chi connectivity index (χ0n) is 8.24. The summed E-state index contributed by atoms with van der Waals surface area (Å²) in [7, 11) is 1.18. The molecule has 4 nitrogen and oxygen atoms in total. The van der Waals surface area contributed by atoms with Crippen molar-refractivity contribution >= 4 is 11.9 Å². The van der Waals surface area contributed by atoms with Gasteiger partial charge in [0.2, 0.25) is 0 Å². The number of carboxylic acids is 1. The first-order chi connectivity index (χ1) is 6.08. The van der Waals surface area contributed by atoms with Crippen LogP contribution in [0, 0.1) is 0 Å². The van der Waals surface area contributed by atoms with Crippen LogP contribution in [-0.2, 0) is 14.3 Å². The first-order valence-corrected chi connectivity index (χ1v) is 4.07. The van der Waals surface area contributed by atoms with Crippen molar-refractivity contribution in [1.82, 2.24) is 0 Å². The summed E-state index contributed by atoms with van der Waals surface area (Å²) in [5.41, 5.74) is 0. The van der Waals surface area contributed by atoms with Gasteiger partial charge < -0.3 is 9.84 Å². The average Bonchev–Trinajstić information content (AvgIpc) is 2.14. The number of carbonyl (C=O) groups is 2. The Hall–Kier alpha value is -1.32. The van der Waals surface area contributed by atoms with Gasteiger partial charge in [0.25, 0.3) is 0 Å². The Kier molecular flexibility index (Phi) is 11.7. The average molecular weight is 188 g/mol. The topological polar surface area (TPSA) is 63.6 Å². The molecule has 0 aliphatic carbocycles. The molecule has 0 aromatic carbocycles. The minimum atomic E-state index is -1.17. The predicted octanol–water partition coefficient (Wildman–Crippen LogP) is 1.61. The van der Waals surface area contributed by atoms with E-state index in [-0.39, 0.29) is 0 Å². The molecule has 0 aromatic heterocycles. The van der Waals surface area contributed by atoms with Crippen LogP contribution in [0.3, 0.4) is 0 Å². The molecule has 0 heterocycles. The van der Waals surface area contributed by atoms with Crippen molar-refractivity contribution in [3.63, 3.8) is 0 Å². The van der Waals surface area contributed by atoms with Gasteiger partial charge in [0.15, 0.2) is 0 Å². The zero-order chi connectivity index (χ0) is 10.7. The lowest BCUT2D eigenvalue weighted by Gasteiger charge is -1.85. The van der Waals surface area contributed by atoms with Crippen molar-refractivity contribution in [2.45, 2.75) is 26.7 Å². The fourth-order valence-electron chi connectivity index (χ4n) is 0.207. The number of carboxylic acid groups (broad SMARTS) is 1. The summed E-state index contributed by atoms with van der Waals surface area (Å²) in [4.78, 5) is 19.9. The summed E-state index contributed by atoms with van der Waals surface area (Å²) in [6.45, 7) is 4.36. The van der Waals surface area contributed by atoms with Crippen molar-refractivity contribution in [3.05, 3.63) is 12.2 Å². The summed E-state index contributed by atoms with van der Waals surface area (Å²) in [6.07, 6.45) is 4.19. The van der Waals surface area contributed by atoms with Crippen LogP contribution in [0.4, 0.5) is 0 Å². The lowest BCUT2D eigenvalue weighted by Crippen LogP contribution is -1.96. The van der Waals surface area contributed by atoms with Gasteiger partial charge in [-0.15, -0.1) is 0 Å². The van der Waals surface area contributed by atoms with E-state index in [1.807, 2.05) is 0 Å². The summed E-state index contributed by atoms with van der Waals surface area (Å²) in [5.74, 6) is -1.84. The molecule has 13 heavy (non-hydrogen) atoms. The van der Waals surface area contributed by atoms with E-state index in [2.05, 4.69) is 18.6 Å². The Morgan fingerprint density at radius 1 is 1.23 bits per heavy atom. The van der Waals surface area contributed by atoms with Gasteiger partial charge in [-0.25, -0.2) is 9.59 Å². The van der Waals surface area contributed by atoms with E-state index >= 15 is 0 Å². The van der Waals surface area contributed by atoms with Gasteiger partial charge in [-0.2, -0.15) is 0 Å². The number of methoxy groups -OCH3 is 1. The van der Waals surface area contributed by atoms with Gasteiger partial charge in [-0.1, -0.05) is 26.7 Å². The van der Waals surface area contributed by atoms with Crippen LogP contribution in [0.15, 0.2) is 12.2 Å².